The average Bonchev–Trinajstić information content (AvgIpc) is 2.95. The predicted molar refractivity (Wildman–Crippen MR) is 69.0 cm³/mol. The second kappa shape index (κ2) is 4.47. The van der Waals surface area contributed by atoms with Crippen LogP contribution in [0.1, 0.15) is 5.69 Å². The SMILES string of the molecule is c1cnc2nc(CSC3=NCCS3)cn2c1. The number of rotatable bonds is 2. The minimum absolute atomic E-state index is 0.763. The van der Waals surface area contributed by atoms with Gasteiger partial charge in [0.25, 0.3) is 0 Å². The Kier molecular flexibility index (Phi) is 2.84. The summed E-state index contributed by atoms with van der Waals surface area (Å²) in [6.07, 6.45) is 5.75. The summed E-state index contributed by atoms with van der Waals surface area (Å²) in [7, 11) is 0. The number of aliphatic imine (C=N–C) groups is 1. The molecule has 16 heavy (non-hydrogen) atoms. The lowest BCUT2D eigenvalue weighted by Crippen LogP contribution is -1.84. The molecule has 0 spiro atoms. The molecule has 2 aromatic heterocycles. The van der Waals surface area contributed by atoms with Crippen LogP contribution >= 0.6 is 23.5 Å². The zero-order chi connectivity index (χ0) is 10.8. The molecule has 1 aliphatic rings. The van der Waals surface area contributed by atoms with Crippen LogP contribution in [-0.2, 0) is 5.75 Å². The Morgan fingerprint density at radius 1 is 1.50 bits per heavy atom. The molecule has 0 saturated heterocycles. The van der Waals surface area contributed by atoms with Gasteiger partial charge in [-0.1, -0.05) is 23.5 Å². The van der Waals surface area contributed by atoms with E-state index in [0.717, 1.165) is 29.5 Å². The first-order valence-electron chi connectivity index (χ1n) is 5.00. The molecule has 82 valence electrons. The van der Waals surface area contributed by atoms with Crippen molar-refractivity contribution in [3.05, 3.63) is 30.4 Å². The van der Waals surface area contributed by atoms with Gasteiger partial charge in [0.05, 0.1) is 12.2 Å². The Morgan fingerprint density at radius 3 is 3.31 bits per heavy atom. The van der Waals surface area contributed by atoms with Crippen LogP contribution in [0, 0.1) is 0 Å². The van der Waals surface area contributed by atoms with Crippen molar-refractivity contribution in [2.75, 3.05) is 12.3 Å². The minimum Gasteiger partial charge on any atom is -0.291 e. The molecule has 0 atom stereocenters. The van der Waals surface area contributed by atoms with E-state index in [1.54, 1.807) is 18.0 Å². The summed E-state index contributed by atoms with van der Waals surface area (Å²) in [5.74, 6) is 2.75. The van der Waals surface area contributed by atoms with Gasteiger partial charge in [-0.25, -0.2) is 9.97 Å². The number of aromatic nitrogens is 3. The van der Waals surface area contributed by atoms with Crippen LogP contribution in [0.2, 0.25) is 0 Å². The van der Waals surface area contributed by atoms with Gasteiger partial charge in [-0.15, -0.1) is 0 Å². The third-order valence-corrected chi connectivity index (χ3v) is 4.47. The molecule has 0 unspecified atom stereocenters. The highest BCUT2D eigenvalue weighted by molar-refractivity contribution is 8.38. The summed E-state index contributed by atoms with van der Waals surface area (Å²) in [5, 5.41) is 0. The highest BCUT2D eigenvalue weighted by Gasteiger charge is 2.09. The van der Waals surface area contributed by atoms with E-state index >= 15 is 0 Å². The largest absolute Gasteiger partial charge is 0.291 e. The molecule has 3 rings (SSSR count). The highest BCUT2D eigenvalue weighted by atomic mass is 32.2. The van der Waals surface area contributed by atoms with E-state index in [2.05, 4.69) is 15.0 Å². The summed E-state index contributed by atoms with van der Waals surface area (Å²) in [6, 6.07) is 1.91. The molecule has 0 aliphatic carbocycles. The first-order chi connectivity index (χ1) is 7.92. The molecule has 0 N–H and O–H groups in total. The monoisotopic (exact) mass is 250 g/mol. The zero-order valence-electron chi connectivity index (χ0n) is 8.54. The van der Waals surface area contributed by atoms with Crippen LogP contribution in [0.4, 0.5) is 0 Å². The second-order valence-corrected chi connectivity index (χ2v) is 5.65. The highest BCUT2D eigenvalue weighted by Crippen LogP contribution is 2.24. The molecular formula is C10H10N4S2. The van der Waals surface area contributed by atoms with Gasteiger partial charge in [0, 0.05) is 30.1 Å². The molecule has 0 aromatic carbocycles. The minimum atomic E-state index is 0.763. The van der Waals surface area contributed by atoms with E-state index < -0.39 is 0 Å². The van der Waals surface area contributed by atoms with E-state index in [9.17, 15) is 0 Å². The average molecular weight is 250 g/mol. The van der Waals surface area contributed by atoms with Crippen molar-refractivity contribution in [1.29, 1.82) is 0 Å². The third kappa shape index (κ3) is 2.08. The van der Waals surface area contributed by atoms with Crippen LogP contribution in [0.5, 0.6) is 0 Å². The van der Waals surface area contributed by atoms with Gasteiger partial charge in [0.15, 0.2) is 0 Å². The van der Waals surface area contributed by atoms with Gasteiger partial charge >= 0.3 is 0 Å². The van der Waals surface area contributed by atoms with Gasteiger partial charge in [-0.2, -0.15) is 0 Å². The van der Waals surface area contributed by atoms with Gasteiger partial charge in [0.2, 0.25) is 5.78 Å². The fraction of sp³-hybridized carbons (Fsp3) is 0.300. The maximum atomic E-state index is 4.44. The number of hydrogen-bond donors (Lipinski definition) is 0. The number of imidazole rings is 1. The molecule has 0 amide bonds. The second-order valence-electron chi connectivity index (χ2n) is 3.34. The first kappa shape index (κ1) is 10.2. The Bertz CT molecular complexity index is 501. The van der Waals surface area contributed by atoms with E-state index in [1.807, 2.05) is 34.6 Å². The standard InChI is InChI=1S/C10H10N4S2/c1-2-11-9-13-8(6-14(9)4-1)7-16-10-12-3-5-15-10/h1-2,4,6H,3,5,7H2. The third-order valence-electron chi connectivity index (χ3n) is 2.19. The van der Waals surface area contributed by atoms with Crippen molar-refractivity contribution < 1.29 is 0 Å². The molecule has 0 saturated carbocycles. The lowest BCUT2D eigenvalue weighted by molar-refractivity contribution is 1.11. The molecule has 0 fully saturated rings. The molecule has 2 aromatic rings. The maximum Gasteiger partial charge on any atom is 0.233 e. The van der Waals surface area contributed by atoms with E-state index in [1.165, 1.54) is 4.38 Å². The van der Waals surface area contributed by atoms with Crippen molar-refractivity contribution in [2.45, 2.75) is 5.75 Å². The Labute approximate surface area is 102 Å². The van der Waals surface area contributed by atoms with Crippen LogP contribution < -0.4 is 0 Å². The van der Waals surface area contributed by atoms with Crippen molar-refractivity contribution in [3.63, 3.8) is 0 Å². The number of nitrogens with zero attached hydrogens (tertiary/aromatic N) is 4. The van der Waals surface area contributed by atoms with E-state index in [-0.39, 0.29) is 0 Å². The normalized spacial score (nSPS) is 15.6. The van der Waals surface area contributed by atoms with Gasteiger partial charge in [-0.05, 0) is 6.07 Å². The smallest absolute Gasteiger partial charge is 0.233 e. The van der Waals surface area contributed by atoms with Gasteiger partial charge < -0.3 is 0 Å². The molecule has 0 bridgehead atoms. The summed E-state index contributed by atoms with van der Waals surface area (Å²) < 4.78 is 3.13. The number of fused-ring (bicyclic) bond motifs is 1. The molecule has 3 heterocycles. The fourth-order valence-corrected chi connectivity index (χ4v) is 3.38. The predicted octanol–water partition coefficient (Wildman–Crippen LogP) is 2.07. The number of thioether (sulfide) groups is 2. The Balaban J connectivity index is 1.74. The molecular weight excluding hydrogens is 240 g/mol. The van der Waals surface area contributed by atoms with Crippen molar-refractivity contribution in [2.24, 2.45) is 4.99 Å². The van der Waals surface area contributed by atoms with Gasteiger partial charge in [0.1, 0.15) is 4.38 Å². The first-order valence-corrected chi connectivity index (χ1v) is 6.97. The molecule has 0 radical (unpaired) electrons. The van der Waals surface area contributed by atoms with E-state index in [0.29, 0.717) is 0 Å². The Morgan fingerprint density at radius 2 is 2.50 bits per heavy atom. The summed E-state index contributed by atoms with van der Waals surface area (Å²) in [6.45, 7) is 0.958. The summed E-state index contributed by atoms with van der Waals surface area (Å²) >= 11 is 3.59. The van der Waals surface area contributed by atoms with Crippen LogP contribution in [0.3, 0.4) is 0 Å². The molecule has 1 aliphatic heterocycles. The zero-order valence-corrected chi connectivity index (χ0v) is 10.2. The lowest BCUT2D eigenvalue weighted by atomic mass is 10.6. The molecule has 6 heteroatoms. The van der Waals surface area contributed by atoms with Crippen molar-refractivity contribution >= 4 is 33.7 Å². The van der Waals surface area contributed by atoms with Crippen molar-refractivity contribution in [3.8, 4) is 0 Å². The van der Waals surface area contributed by atoms with Crippen LogP contribution in [-0.4, -0.2) is 31.0 Å². The van der Waals surface area contributed by atoms with E-state index in [4.69, 9.17) is 0 Å². The molecule has 4 nitrogen and oxygen atoms in total. The summed E-state index contributed by atoms with van der Waals surface area (Å²) in [4.78, 5) is 13.0. The quantitative estimate of drug-likeness (QED) is 0.818. The van der Waals surface area contributed by atoms with Crippen LogP contribution in [0.15, 0.2) is 29.6 Å². The maximum absolute atomic E-state index is 4.44. The Hall–Kier alpha value is -1.01. The topological polar surface area (TPSA) is 42.5 Å². The number of hydrogen-bond acceptors (Lipinski definition) is 5. The fourth-order valence-electron chi connectivity index (χ4n) is 1.49. The van der Waals surface area contributed by atoms with Gasteiger partial charge in [-0.3, -0.25) is 9.39 Å². The summed E-state index contributed by atoms with van der Waals surface area (Å²) in [5.41, 5.74) is 1.05. The van der Waals surface area contributed by atoms with Crippen LogP contribution in [0.25, 0.3) is 5.78 Å². The lowest BCUT2D eigenvalue weighted by Gasteiger charge is -1.95. The van der Waals surface area contributed by atoms with Crippen molar-refractivity contribution in [1.82, 2.24) is 14.4 Å².